The second-order valence-corrected chi connectivity index (χ2v) is 8.49. The monoisotopic (exact) mass is 412 g/mol. The second-order valence-electron chi connectivity index (χ2n) is 6.60. The van der Waals surface area contributed by atoms with Gasteiger partial charge >= 0.3 is 0 Å². The van der Waals surface area contributed by atoms with Crippen LogP contribution in [0.3, 0.4) is 0 Å². The third-order valence-corrected chi connectivity index (χ3v) is 6.58. The SMILES string of the molecule is O=C(CC1CCCCN1S(=O)(=O)c1ccc(F)cc1)Nc1ccc(F)c(F)c1. The van der Waals surface area contributed by atoms with Crippen LogP contribution in [0, 0.1) is 17.5 Å². The number of nitrogens with zero attached hydrogens (tertiary/aromatic N) is 1. The number of amides is 1. The van der Waals surface area contributed by atoms with Gasteiger partial charge in [0, 0.05) is 30.8 Å². The van der Waals surface area contributed by atoms with Gasteiger partial charge in [0.1, 0.15) is 5.82 Å². The highest BCUT2D eigenvalue weighted by molar-refractivity contribution is 7.89. The molecule has 1 saturated heterocycles. The van der Waals surface area contributed by atoms with Gasteiger partial charge < -0.3 is 5.32 Å². The summed E-state index contributed by atoms with van der Waals surface area (Å²) in [5.74, 6) is -3.16. The van der Waals surface area contributed by atoms with Crippen LogP contribution in [0.25, 0.3) is 0 Å². The van der Waals surface area contributed by atoms with Gasteiger partial charge in [0.2, 0.25) is 15.9 Å². The Morgan fingerprint density at radius 2 is 1.75 bits per heavy atom. The first-order valence-electron chi connectivity index (χ1n) is 8.79. The Labute approximate surface area is 161 Å². The van der Waals surface area contributed by atoms with Crippen molar-refractivity contribution >= 4 is 21.6 Å². The zero-order chi connectivity index (χ0) is 20.3. The Balaban J connectivity index is 1.74. The van der Waals surface area contributed by atoms with Crippen molar-refractivity contribution in [3.8, 4) is 0 Å². The number of rotatable bonds is 5. The van der Waals surface area contributed by atoms with E-state index in [4.69, 9.17) is 0 Å². The molecular weight excluding hydrogens is 393 g/mol. The minimum atomic E-state index is -3.88. The summed E-state index contributed by atoms with van der Waals surface area (Å²) < 4.78 is 66.5. The van der Waals surface area contributed by atoms with E-state index in [1.807, 2.05) is 0 Å². The van der Waals surface area contributed by atoms with E-state index in [1.165, 1.54) is 22.5 Å². The summed E-state index contributed by atoms with van der Waals surface area (Å²) in [7, 11) is -3.88. The first kappa shape index (κ1) is 20.3. The molecule has 1 heterocycles. The van der Waals surface area contributed by atoms with Crippen LogP contribution in [0.5, 0.6) is 0 Å². The van der Waals surface area contributed by atoms with Crippen LogP contribution in [0.2, 0.25) is 0 Å². The normalized spacial score (nSPS) is 18.0. The fourth-order valence-corrected chi connectivity index (χ4v) is 4.93. The van der Waals surface area contributed by atoms with Crippen LogP contribution in [-0.4, -0.2) is 31.2 Å². The number of piperidine rings is 1. The van der Waals surface area contributed by atoms with Crippen molar-refractivity contribution in [1.82, 2.24) is 4.31 Å². The predicted molar refractivity (Wildman–Crippen MR) is 97.5 cm³/mol. The Morgan fingerprint density at radius 3 is 2.43 bits per heavy atom. The van der Waals surface area contributed by atoms with Crippen LogP contribution in [0.1, 0.15) is 25.7 Å². The summed E-state index contributed by atoms with van der Waals surface area (Å²) in [6.07, 6.45) is 1.78. The molecule has 3 rings (SSSR count). The summed E-state index contributed by atoms with van der Waals surface area (Å²) in [6, 6.07) is 6.94. The molecule has 0 radical (unpaired) electrons. The minimum Gasteiger partial charge on any atom is -0.326 e. The Morgan fingerprint density at radius 1 is 1.04 bits per heavy atom. The number of nitrogens with one attached hydrogen (secondary N) is 1. The molecule has 0 saturated carbocycles. The molecule has 1 N–H and O–H groups in total. The molecule has 28 heavy (non-hydrogen) atoms. The smallest absolute Gasteiger partial charge is 0.243 e. The highest BCUT2D eigenvalue weighted by Gasteiger charge is 2.34. The van der Waals surface area contributed by atoms with E-state index in [9.17, 15) is 26.4 Å². The number of benzene rings is 2. The standard InChI is InChI=1S/C19H19F3N2O3S/c20-13-4-7-16(8-5-13)28(26,27)24-10-2-1-3-15(24)12-19(25)23-14-6-9-17(21)18(22)11-14/h4-9,11,15H,1-3,10,12H2,(H,23,25). The van der Waals surface area contributed by atoms with Crippen molar-refractivity contribution in [3.63, 3.8) is 0 Å². The van der Waals surface area contributed by atoms with E-state index in [2.05, 4.69) is 5.32 Å². The van der Waals surface area contributed by atoms with Gasteiger partial charge in [-0.3, -0.25) is 4.79 Å². The van der Waals surface area contributed by atoms with E-state index in [-0.39, 0.29) is 23.5 Å². The number of carbonyl (C=O) groups is 1. The summed E-state index contributed by atoms with van der Waals surface area (Å²) >= 11 is 0. The van der Waals surface area contributed by atoms with Crippen molar-refractivity contribution in [2.45, 2.75) is 36.6 Å². The van der Waals surface area contributed by atoms with Gasteiger partial charge in [0.05, 0.1) is 4.90 Å². The highest BCUT2D eigenvalue weighted by atomic mass is 32.2. The third kappa shape index (κ3) is 4.53. The Hall–Kier alpha value is -2.39. The van der Waals surface area contributed by atoms with Gasteiger partial charge in [0.15, 0.2) is 11.6 Å². The molecule has 0 spiro atoms. The van der Waals surface area contributed by atoms with Gasteiger partial charge in [0.25, 0.3) is 0 Å². The lowest BCUT2D eigenvalue weighted by atomic mass is 10.0. The highest BCUT2D eigenvalue weighted by Crippen LogP contribution is 2.27. The topological polar surface area (TPSA) is 66.5 Å². The quantitative estimate of drug-likeness (QED) is 0.815. The molecule has 1 amide bonds. The molecule has 2 aromatic carbocycles. The zero-order valence-corrected chi connectivity index (χ0v) is 15.7. The number of halogens is 3. The van der Waals surface area contributed by atoms with E-state index in [0.717, 1.165) is 30.7 Å². The van der Waals surface area contributed by atoms with Gasteiger partial charge in [-0.05, 0) is 49.2 Å². The fraction of sp³-hybridized carbons (Fsp3) is 0.316. The largest absolute Gasteiger partial charge is 0.326 e. The number of hydrogen-bond donors (Lipinski definition) is 1. The van der Waals surface area contributed by atoms with Gasteiger partial charge in [-0.1, -0.05) is 6.42 Å². The number of hydrogen-bond acceptors (Lipinski definition) is 3. The Kier molecular flexibility index (Phi) is 6.04. The predicted octanol–water partition coefficient (Wildman–Crippen LogP) is 3.68. The molecule has 2 aromatic rings. The number of sulfonamides is 1. The average molecular weight is 412 g/mol. The molecule has 1 fully saturated rings. The lowest BCUT2D eigenvalue weighted by molar-refractivity contribution is -0.117. The van der Waals surface area contributed by atoms with Crippen molar-refractivity contribution in [2.75, 3.05) is 11.9 Å². The first-order chi connectivity index (χ1) is 13.3. The van der Waals surface area contributed by atoms with Crippen LogP contribution < -0.4 is 5.32 Å². The molecule has 1 unspecified atom stereocenters. The van der Waals surface area contributed by atoms with Crippen LogP contribution in [0.4, 0.5) is 18.9 Å². The first-order valence-corrected chi connectivity index (χ1v) is 10.2. The average Bonchev–Trinajstić information content (AvgIpc) is 2.65. The summed E-state index contributed by atoms with van der Waals surface area (Å²) in [5.41, 5.74) is 0.0904. The van der Waals surface area contributed by atoms with Crippen LogP contribution in [-0.2, 0) is 14.8 Å². The summed E-state index contributed by atoms with van der Waals surface area (Å²) in [6.45, 7) is 0.253. The van der Waals surface area contributed by atoms with Gasteiger partial charge in [-0.25, -0.2) is 21.6 Å². The molecule has 0 bridgehead atoms. The van der Waals surface area contributed by atoms with Crippen LogP contribution >= 0.6 is 0 Å². The number of carbonyl (C=O) groups excluding carboxylic acids is 1. The van der Waals surface area contributed by atoms with E-state index >= 15 is 0 Å². The molecule has 0 aliphatic carbocycles. The maximum atomic E-state index is 13.3. The molecule has 150 valence electrons. The van der Waals surface area contributed by atoms with E-state index < -0.39 is 39.4 Å². The summed E-state index contributed by atoms with van der Waals surface area (Å²) in [4.78, 5) is 12.3. The minimum absolute atomic E-state index is 0.0400. The number of anilines is 1. The Bertz CT molecular complexity index is 965. The lowest BCUT2D eigenvalue weighted by Crippen LogP contribution is -2.45. The van der Waals surface area contributed by atoms with E-state index in [1.54, 1.807) is 0 Å². The molecule has 1 aliphatic heterocycles. The molecule has 5 nitrogen and oxygen atoms in total. The van der Waals surface area contributed by atoms with Crippen molar-refractivity contribution in [1.29, 1.82) is 0 Å². The third-order valence-electron chi connectivity index (χ3n) is 4.62. The molecule has 1 aliphatic rings. The molecule has 9 heteroatoms. The fourth-order valence-electron chi connectivity index (χ4n) is 3.24. The molecular formula is C19H19F3N2O3S. The maximum Gasteiger partial charge on any atom is 0.243 e. The van der Waals surface area contributed by atoms with Gasteiger partial charge in [-0.2, -0.15) is 4.31 Å². The lowest BCUT2D eigenvalue weighted by Gasteiger charge is -2.34. The van der Waals surface area contributed by atoms with Crippen molar-refractivity contribution in [2.24, 2.45) is 0 Å². The molecule has 0 aromatic heterocycles. The second kappa shape index (κ2) is 8.32. The van der Waals surface area contributed by atoms with E-state index in [0.29, 0.717) is 12.8 Å². The maximum absolute atomic E-state index is 13.3. The van der Waals surface area contributed by atoms with Crippen LogP contribution in [0.15, 0.2) is 47.4 Å². The van der Waals surface area contributed by atoms with Crippen molar-refractivity contribution < 1.29 is 26.4 Å². The molecule has 1 atom stereocenters. The van der Waals surface area contributed by atoms with Crippen molar-refractivity contribution in [3.05, 3.63) is 59.9 Å². The zero-order valence-electron chi connectivity index (χ0n) is 14.9. The van der Waals surface area contributed by atoms with Gasteiger partial charge in [-0.15, -0.1) is 0 Å². The summed E-state index contributed by atoms with van der Waals surface area (Å²) in [5, 5.41) is 2.46.